The van der Waals surface area contributed by atoms with Crippen LogP contribution in [0.3, 0.4) is 0 Å². The minimum absolute atomic E-state index is 1.62. The van der Waals surface area contributed by atoms with E-state index < -0.39 is 103 Å². The highest BCUT2D eigenvalue weighted by molar-refractivity contribution is 6.34. The van der Waals surface area contributed by atoms with Gasteiger partial charge in [-0.25, -0.2) is 0 Å². The van der Waals surface area contributed by atoms with E-state index in [9.17, 15) is 128 Å². The zero-order valence-corrected chi connectivity index (χ0v) is 21.3. The number of phenols is 4. The average molecular weight is 680 g/mol. The molecule has 0 saturated heterocycles. The van der Waals surface area contributed by atoms with Crippen LogP contribution in [0.2, 0.25) is 5.02 Å². The molecule has 0 heterocycles. The number of phenolic OH excluding ortho intramolecular Hbond substituents is 4. The van der Waals surface area contributed by atoms with Gasteiger partial charge in [-0.2, -0.15) is 0 Å². The monoisotopic (exact) mass is 679 g/mol. The average Bonchev–Trinajstić information content (AvgIpc) is 2.78. The lowest BCUT2D eigenvalue weighted by molar-refractivity contribution is -0.616. The van der Waals surface area contributed by atoms with Crippen LogP contribution in [0, 0.1) is 0 Å². The smallest absolute Gasteiger partial charge is 0.352 e. The van der Waals surface area contributed by atoms with Crippen LogP contribution in [0.1, 0.15) is 5.56 Å². The van der Waals surface area contributed by atoms with Crippen molar-refractivity contribution in [3.8, 4) is 23.0 Å². The van der Waals surface area contributed by atoms with Crippen molar-refractivity contribution in [1.82, 2.24) is 4.90 Å². The first-order chi connectivity index (χ1) is 18.9. The van der Waals surface area contributed by atoms with E-state index in [0.29, 0.717) is 0 Å². The molecular weight excluding hydrogens is 654 g/mol. The third-order valence-electron chi connectivity index (χ3n) is 7.00. The van der Waals surface area contributed by atoms with Gasteiger partial charge in [0.2, 0.25) is 17.4 Å². The zero-order chi connectivity index (χ0) is 35.6. The van der Waals surface area contributed by atoms with Crippen molar-refractivity contribution >= 4 is 11.6 Å². The minimum Gasteiger partial charge on any atom is -0.504 e. The van der Waals surface area contributed by atoms with Gasteiger partial charge in [0, 0.05) is 0 Å². The van der Waals surface area contributed by atoms with Crippen molar-refractivity contribution in [2.24, 2.45) is 0 Å². The van der Waals surface area contributed by atoms with Crippen LogP contribution < -0.4 is 0 Å². The van der Waals surface area contributed by atoms with E-state index in [1.54, 1.807) is 0 Å². The summed E-state index contributed by atoms with van der Waals surface area (Å²) in [6.45, 7) is 0. The highest BCUT2D eigenvalue weighted by atomic mass is 35.5. The normalized spacial score (nSPS) is 21.2. The van der Waals surface area contributed by atoms with Gasteiger partial charge < -0.3 is 128 Å². The fourth-order valence-corrected chi connectivity index (χ4v) is 5.20. The summed E-state index contributed by atoms with van der Waals surface area (Å²) in [6.07, 6.45) is -11.3. The number of aliphatic hydroxyl groups is 21. The van der Waals surface area contributed by atoms with Gasteiger partial charge in [0.05, 0.1) is 5.56 Å². The molecule has 2 rings (SSSR count). The SMILES string of the molecule is Oc1c(O)c(C2(C(N(C(O)(O)O)C(O)(O)O)C(O)(O)C(O)(C(O)(O)O)C(O)(O)O)C(O)(O)C(O)(O)C2(O)O)c(O)c(O)c1Cl. The molecule has 1 aromatic rings. The number of hydrogen-bond acceptors (Lipinski definition) is 26. The standard InChI is InChI=1S/C17H26ClNO25/c18-2-5(22)3(20)1(4(21)6(2)23)8(11(27,28)13(31,32)12(8,29)30)7(19(16(39,40)41)17(42,43)44)9(24,25)10(26,14(33,34)35)15(36,37)38/h7,20-44H. The lowest BCUT2D eigenvalue weighted by Crippen LogP contribution is -3.01. The molecule has 1 saturated carbocycles. The number of aromatic hydroxyl groups is 4. The maximum absolute atomic E-state index is 10.9. The maximum Gasteiger partial charge on any atom is 0.352 e. The number of rotatable bonds is 9. The second-order valence-corrected chi connectivity index (χ2v) is 9.97. The largest absolute Gasteiger partial charge is 0.504 e. The third kappa shape index (κ3) is 4.25. The van der Waals surface area contributed by atoms with Crippen molar-refractivity contribution in [3.63, 3.8) is 0 Å². The molecule has 0 aliphatic heterocycles. The molecule has 25 N–H and O–H groups in total. The summed E-state index contributed by atoms with van der Waals surface area (Å²) in [5.41, 5.74) is -14.5. The van der Waals surface area contributed by atoms with Crippen LogP contribution in [0.15, 0.2) is 0 Å². The van der Waals surface area contributed by atoms with Gasteiger partial charge in [-0.1, -0.05) is 11.6 Å². The Morgan fingerprint density at radius 2 is 0.795 bits per heavy atom. The molecule has 0 spiro atoms. The van der Waals surface area contributed by atoms with E-state index in [-0.39, 0.29) is 0 Å². The van der Waals surface area contributed by atoms with Crippen LogP contribution >= 0.6 is 11.6 Å². The number of hydrogen-bond donors (Lipinski definition) is 25. The molecular formula is C17H26ClNO25. The fraction of sp³-hybridized carbons (Fsp3) is 0.647. The predicted molar refractivity (Wildman–Crippen MR) is 117 cm³/mol. The highest BCUT2D eigenvalue weighted by Crippen LogP contribution is 2.71. The van der Waals surface area contributed by atoms with Crippen molar-refractivity contribution in [3.05, 3.63) is 10.6 Å². The summed E-state index contributed by atoms with van der Waals surface area (Å²) in [7, 11) is 0. The quantitative estimate of drug-likeness (QED) is 0.0654. The summed E-state index contributed by atoms with van der Waals surface area (Å²) < 4.78 is 0. The highest BCUT2D eigenvalue weighted by Gasteiger charge is 2.97. The molecule has 27 heteroatoms. The van der Waals surface area contributed by atoms with Crippen LogP contribution in [-0.4, -0.2) is 191 Å². The molecule has 0 amide bonds. The van der Waals surface area contributed by atoms with Crippen molar-refractivity contribution in [1.29, 1.82) is 0 Å². The van der Waals surface area contributed by atoms with Gasteiger partial charge in [0.25, 0.3) is 11.4 Å². The van der Waals surface area contributed by atoms with Gasteiger partial charge in [-0.05, 0) is 0 Å². The van der Waals surface area contributed by atoms with Crippen molar-refractivity contribution < 1.29 is 128 Å². The first-order valence-electron chi connectivity index (χ1n) is 10.6. The first-order valence-corrected chi connectivity index (χ1v) is 10.9. The van der Waals surface area contributed by atoms with Crippen molar-refractivity contribution in [2.45, 2.75) is 64.3 Å². The first kappa shape index (κ1) is 38.0. The topological polar surface area (TPSA) is 509 Å². The lowest BCUT2D eigenvalue weighted by Gasteiger charge is -2.72. The van der Waals surface area contributed by atoms with Gasteiger partial charge in [-0.15, -0.1) is 4.90 Å². The number of benzene rings is 1. The summed E-state index contributed by atoms with van der Waals surface area (Å²) in [5.74, 6) is -43.6. The second kappa shape index (κ2) is 9.67. The molecule has 1 aliphatic carbocycles. The van der Waals surface area contributed by atoms with Gasteiger partial charge >= 0.3 is 24.1 Å². The Morgan fingerprint density at radius 1 is 0.500 bits per heavy atom. The van der Waals surface area contributed by atoms with Crippen molar-refractivity contribution in [2.75, 3.05) is 0 Å². The number of halogens is 1. The Morgan fingerprint density at radius 3 is 1.05 bits per heavy atom. The van der Waals surface area contributed by atoms with Crippen LogP contribution in [0.5, 0.6) is 23.0 Å². The Kier molecular flexibility index (Phi) is 8.36. The Balaban J connectivity index is 3.62. The summed E-state index contributed by atoms with van der Waals surface area (Å²) >= 11 is 5.38. The molecule has 0 bridgehead atoms. The second-order valence-electron chi connectivity index (χ2n) is 9.59. The summed E-state index contributed by atoms with van der Waals surface area (Å²) in [5, 5.41) is 251. The van der Waals surface area contributed by atoms with Gasteiger partial charge in [0.1, 0.15) is 16.5 Å². The molecule has 1 atom stereocenters. The molecule has 0 radical (unpaired) electrons. The lowest BCUT2D eigenvalue weighted by atomic mass is 9.44. The molecule has 1 aromatic carbocycles. The molecule has 44 heavy (non-hydrogen) atoms. The third-order valence-corrected chi connectivity index (χ3v) is 7.36. The van der Waals surface area contributed by atoms with Crippen LogP contribution in [-0.2, 0) is 5.41 Å². The van der Waals surface area contributed by atoms with E-state index in [2.05, 4.69) is 0 Å². The zero-order valence-electron chi connectivity index (χ0n) is 20.6. The fourth-order valence-electron chi connectivity index (χ4n) is 5.02. The summed E-state index contributed by atoms with van der Waals surface area (Å²) in [4.78, 5) is -2.26. The molecule has 1 unspecified atom stereocenters. The predicted octanol–water partition coefficient (Wildman–Crippen LogP) is -13.0. The molecule has 0 aromatic heterocycles. The van der Waals surface area contributed by atoms with E-state index in [0.717, 1.165) is 0 Å². The summed E-state index contributed by atoms with van der Waals surface area (Å²) in [6, 6.07) is -5.27. The molecule has 256 valence electrons. The number of nitrogens with zero attached hydrogens (tertiary/aromatic N) is 1. The minimum atomic E-state index is -6.30. The van der Waals surface area contributed by atoms with Gasteiger partial charge in [-0.3, -0.25) is 0 Å². The Hall–Kier alpha value is -2.17. The van der Waals surface area contributed by atoms with E-state index >= 15 is 0 Å². The van der Waals surface area contributed by atoms with Gasteiger partial charge in [0.15, 0.2) is 23.0 Å². The Bertz CT molecular complexity index is 1220. The van der Waals surface area contributed by atoms with E-state index in [1.165, 1.54) is 0 Å². The van der Waals surface area contributed by atoms with E-state index in [1.807, 2.05) is 0 Å². The molecule has 1 aliphatic rings. The molecule has 1 fully saturated rings. The van der Waals surface area contributed by atoms with Crippen LogP contribution in [0.25, 0.3) is 0 Å². The Labute approximate surface area is 242 Å². The van der Waals surface area contributed by atoms with E-state index in [4.69, 9.17) is 11.6 Å². The molecule has 26 nitrogen and oxygen atoms in total. The maximum atomic E-state index is 10.9. The van der Waals surface area contributed by atoms with Crippen LogP contribution in [0.4, 0.5) is 0 Å².